The van der Waals surface area contributed by atoms with E-state index >= 15 is 0 Å². The molecule has 1 aliphatic rings. The van der Waals surface area contributed by atoms with Crippen LogP contribution in [-0.2, 0) is 10.3 Å². The Morgan fingerprint density at radius 1 is 1.06 bits per heavy atom. The molecule has 35 heavy (non-hydrogen) atoms. The zero-order valence-corrected chi connectivity index (χ0v) is 18.4. The quantitative estimate of drug-likeness (QED) is 0.395. The second kappa shape index (κ2) is 9.90. The minimum absolute atomic E-state index is 0.0802. The van der Waals surface area contributed by atoms with Crippen molar-refractivity contribution >= 4 is 11.5 Å². The van der Waals surface area contributed by atoms with Crippen LogP contribution in [0.3, 0.4) is 0 Å². The lowest BCUT2D eigenvalue weighted by Gasteiger charge is -2.40. The Kier molecular flexibility index (Phi) is 7.33. The lowest BCUT2D eigenvalue weighted by Crippen LogP contribution is -2.58. The van der Waals surface area contributed by atoms with E-state index in [1.54, 1.807) is 12.1 Å². The molecule has 0 spiro atoms. The molecule has 1 N–H and O–H groups in total. The van der Waals surface area contributed by atoms with Crippen LogP contribution < -0.4 is 14.8 Å². The van der Waals surface area contributed by atoms with Crippen LogP contribution in [0, 0.1) is 11.3 Å². The van der Waals surface area contributed by atoms with Gasteiger partial charge >= 0.3 is 12.4 Å². The van der Waals surface area contributed by atoms with E-state index in [1.165, 1.54) is 37.4 Å². The number of benzene rings is 2. The first-order chi connectivity index (χ1) is 16.4. The Hall–Kier alpha value is -3.68. The monoisotopic (exact) mass is 498 g/mol. The number of nitriles is 1. The molecule has 0 aliphatic carbocycles. The van der Waals surface area contributed by atoms with Gasteiger partial charge in [0, 0.05) is 12.8 Å². The summed E-state index contributed by atoms with van der Waals surface area (Å²) in [6, 6.07) is 12.3. The van der Waals surface area contributed by atoms with Gasteiger partial charge in [0.05, 0.1) is 13.7 Å². The summed E-state index contributed by atoms with van der Waals surface area (Å²) in [6.45, 7) is -0.270. The van der Waals surface area contributed by atoms with Crippen molar-refractivity contribution in [3.8, 4) is 17.6 Å². The molecule has 0 radical (unpaired) electrons. The molecular formula is C24H20F6N2O3. The molecule has 2 aromatic rings. The molecule has 1 aliphatic heterocycles. The van der Waals surface area contributed by atoms with Gasteiger partial charge in [-0.3, -0.25) is 4.79 Å². The van der Waals surface area contributed by atoms with Gasteiger partial charge in [0.1, 0.15) is 23.1 Å². The molecule has 3 rings (SSSR count). The first-order valence-electron chi connectivity index (χ1n) is 10.4. The Labute approximate surface area is 196 Å². The molecule has 2 aromatic carbocycles. The molecule has 186 valence electrons. The number of ether oxygens (including phenoxy) is 2. The first kappa shape index (κ1) is 25.9. The summed E-state index contributed by atoms with van der Waals surface area (Å²) in [7, 11) is 1.37. The SMILES string of the molecule is COc1cccc(C2=C(C#N)C(=O)NC(c3ccc(OCCCC(F)(F)F)cc3)(C(F)(F)F)C2)c1. The summed E-state index contributed by atoms with van der Waals surface area (Å²) >= 11 is 0. The van der Waals surface area contributed by atoms with E-state index in [0.717, 1.165) is 12.1 Å². The zero-order chi connectivity index (χ0) is 25.9. The highest BCUT2D eigenvalue weighted by Gasteiger charge is 2.59. The number of nitrogens with zero attached hydrogens (tertiary/aromatic N) is 1. The second-order valence-corrected chi connectivity index (χ2v) is 7.82. The van der Waals surface area contributed by atoms with Gasteiger partial charge in [-0.25, -0.2) is 0 Å². The number of nitrogens with one attached hydrogen (secondary N) is 1. The summed E-state index contributed by atoms with van der Waals surface area (Å²) in [5, 5.41) is 11.4. The average molecular weight is 498 g/mol. The van der Waals surface area contributed by atoms with Crippen LogP contribution in [0.5, 0.6) is 11.5 Å². The highest BCUT2D eigenvalue weighted by Crippen LogP contribution is 2.48. The van der Waals surface area contributed by atoms with E-state index in [2.05, 4.69) is 0 Å². The predicted molar refractivity (Wildman–Crippen MR) is 113 cm³/mol. The van der Waals surface area contributed by atoms with Gasteiger partial charge in [0.25, 0.3) is 5.91 Å². The fourth-order valence-corrected chi connectivity index (χ4v) is 3.77. The average Bonchev–Trinajstić information content (AvgIpc) is 2.80. The van der Waals surface area contributed by atoms with Crippen LogP contribution in [0.1, 0.15) is 30.4 Å². The maximum absolute atomic E-state index is 14.5. The third kappa shape index (κ3) is 5.70. The summed E-state index contributed by atoms with van der Waals surface area (Å²) in [5.41, 5.74) is -3.48. The van der Waals surface area contributed by atoms with Crippen molar-refractivity contribution in [2.75, 3.05) is 13.7 Å². The van der Waals surface area contributed by atoms with Gasteiger partial charge in [-0.2, -0.15) is 31.6 Å². The van der Waals surface area contributed by atoms with Crippen molar-refractivity contribution in [1.29, 1.82) is 5.26 Å². The Bertz CT molecular complexity index is 1150. The van der Waals surface area contributed by atoms with Crippen molar-refractivity contribution in [3.63, 3.8) is 0 Å². The predicted octanol–water partition coefficient (Wildman–Crippen LogP) is 5.67. The van der Waals surface area contributed by atoms with E-state index in [0.29, 0.717) is 5.75 Å². The highest BCUT2D eigenvalue weighted by atomic mass is 19.4. The maximum Gasteiger partial charge on any atom is 0.416 e. The minimum atomic E-state index is -4.96. The van der Waals surface area contributed by atoms with Gasteiger partial charge < -0.3 is 14.8 Å². The molecule has 0 fully saturated rings. The number of amides is 1. The Balaban J connectivity index is 1.96. The summed E-state index contributed by atoms with van der Waals surface area (Å²) in [6.07, 6.45) is -11.4. The van der Waals surface area contributed by atoms with Crippen molar-refractivity contribution in [1.82, 2.24) is 5.32 Å². The van der Waals surface area contributed by atoms with Gasteiger partial charge in [-0.1, -0.05) is 24.3 Å². The van der Waals surface area contributed by atoms with Crippen LogP contribution in [0.25, 0.3) is 5.57 Å². The van der Waals surface area contributed by atoms with Crippen LogP contribution >= 0.6 is 0 Å². The lowest BCUT2D eigenvalue weighted by atomic mass is 9.76. The fourth-order valence-electron chi connectivity index (χ4n) is 3.77. The molecule has 0 aromatic heterocycles. The van der Waals surface area contributed by atoms with Crippen LogP contribution in [0.4, 0.5) is 26.3 Å². The lowest BCUT2D eigenvalue weighted by molar-refractivity contribution is -0.201. The number of halogens is 6. The number of methoxy groups -OCH3 is 1. The van der Waals surface area contributed by atoms with Gasteiger partial charge in [-0.05, 0) is 47.4 Å². The van der Waals surface area contributed by atoms with Crippen LogP contribution in [0.2, 0.25) is 0 Å². The van der Waals surface area contributed by atoms with Gasteiger partial charge in [0.2, 0.25) is 0 Å². The number of rotatable bonds is 7. The summed E-state index contributed by atoms with van der Waals surface area (Å²) < 4.78 is 90.6. The standard InChI is InChI=1S/C24H20F6N2O3/c1-34-18-5-2-4-15(12-18)19-13-22(24(28,29)30,32-21(33)20(19)14-31)16-6-8-17(9-7-16)35-11-3-10-23(25,26)27/h2,4-9,12H,3,10-11,13H2,1H3,(H,32,33). The molecule has 1 heterocycles. The minimum Gasteiger partial charge on any atom is -0.497 e. The van der Waals surface area contributed by atoms with Crippen molar-refractivity contribution < 1.29 is 40.6 Å². The normalized spacial score (nSPS) is 18.6. The Morgan fingerprint density at radius 2 is 1.74 bits per heavy atom. The van der Waals surface area contributed by atoms with Crippen LogP contribution in [-0.4, -0.2) is 32.0 Å². The number of hydrogen-bond acceptors (Lipinski definition) is 4. The third-order valence-electron chi connectivity index (χ3n) is 5.53. The van der Waals surface area contributed by atoms with Crippen molar-refractivity contribution in [3.05, 3.63) is 65.2 Å². The fraction of sp³-hybridized carbons (Fsp3) is 0.333. The van der Waals surface area contributed by atoms with E-state index in [9.17, 15) is 36.4 Å². The smallest absolute Gasteiger partial charge is 0.416 e. The van der Waals surface area contributed by atoms with Crippen LogP contribution in [0.15, 0.2) is 54.1 Å². The molecule has 1 atom stereocenters. The summed E-state index contributed by atoms with van der Waals surface area (Å²) in [4.78, 5) is 12.7. The van der Waals surface area contributed by atoms with E-state index in [1.807, 2.05) is 5.32 Å². The molecule has 1 unspecified atom stereocenters. The van der Waals surface area contributed by atoms with E-state index in [4.69, 9.17) is 9.47 Å². The van der Waals surface area contributed by atoms with Gasteiger partial charge in [0.15, 0.2) is 5.54 Å². The third-order valence-corrected chi connectivity index (χ3v) is 5.53. The largest absolute Gasteiger partial charge is 0.497 e. The molecule has 0 saturated heterocycles. The van der Waals surface area contributed by atoms with Crippen molar-refractivity contribution in [2.24, 2.45) is 0 Å². The highest BCUT2D eigenvalue weighted by molar-refractivity contribution is 6.07. The maximum atomic E-state index is 14.5. The van der Waals surface area contributed by atoms with E-state index in [-0.39, 0.29) is 35.5 Å². The molecule has 0 saturated carbocycles. The number of carbonyl (C=O) groups excluding carboxylic acids is 1. The summed E-state index contributed by atoms with van der Waals surface area (Å²) in [5.74, 6) is -0.763. The zero-order valence-electron chi connectivity index (χ0n) is 18.4. The number of carbonyl (C=O) groups is 1. The molecule has 11 heteroatoms. The topological polar surface area (TPSA) is 71.3 Å². The first-order valence-corrected chi connectivity index (χ1v) is 10.4. The Morgan fingerprint density at radius 3 is 2.31 bits per heavy atom. The van der Waals surface area contributed by atoms with E-state index < -0.39 is 42.2 Å². The molecule has 0 bridgehead atoms. The molecular weight excluding hydrogens is 478 g/mol. The van der Waals surface area contributed by atoms with Gasteiger partial charge in [-0.15, -0.1) is 0 Å². The number of alkyl halides is 6. The molecule has 5 nitrogen and oxygen atoms in total. The second-order valence-electron chi connectivity index (χ2n) is 7.82. The van der Waals surface area contributed by atoms with Crippen molar-refractivity contribution in [2.45, 2.75) is 37.2 Å². The molecule has 1 amide bonds. The number of hydrogen-bond donors (Lipinski definition) is 1.